The summed E-state index contributed by atoms with van der Waals surface area (Å²) in [6, 6.07) is 12.5. The number of nitrogens with zero attached hydrogens (tertiary/aromatic N) is 3. The molecule has 3 nitrogen and oxygen atoms in total. The summed E-state index contributed by atoms with van der Waals surface area (Å²) >= 11 is 0. The van der Waals surface area contributed by atoms with Crippen LogP contribution in [0.5, 0.6) is 0 Å². The molecular formula is C21H18F3N3. The standard InChI is InChI=1S/C14H15FN2.C7H3F2N/c15-13-8-10(9-16)4-7-14(13)17-11-2-1-3-12(17)6-5-11;8-6-2-1-5(4-10)3-7(6)9/h4,7-8,11-12H,1-3,5-6H2;1-3H. The van der Waals surface area contributed by atoms with Gasteiger partial charge in [0.1, 0.15) is 5.82 Å². The molecule has 27 heavy (non-hydrogen) atoms. The summed E-state index contributed by atoms with van der Waals surface area (Å²) in [4.78, 5) is 2.25. The van der Waals surface area contributed by atoms with E-state index in [1.807, 2.05) is 6.07 Å². The van der Waals surface area contributed by atoms with Gasteiger partial charge in [-0.2, -0.15) is 10.5 Å². The normalized spacial score (nSPS) is 20.3. The summed E-state index contributed by atoms with van der Waals surface area (Å²) in [5.74, 6) is -2.17. The molecule has 2 heterocycles. The first-order valence-electron chi connectivity index (χ1n) is 8.86. The minimum absolute atomic E-state index is 0.124. The highest BCUT2D eigenvalue weighted by molar-refractivity contribution is 5.54. The fourth-order valence-corrected chi connectivity index (χ4v) is 3.86. The third kappa shape index (κ3) is 4.06. The highest BCUT2D eigenvalue weighted by Gasteiger charge is 2.37. The Labute approximate surface area is 156 Å². The van der Waals surface area contributed by atoms with Crippen molar-refractivity contribution in [1.29, 1.82) is 10.5 Å². The zero-order chi connectivity index (χ0) is 19.4. The van der Waals surface area contributed by atoms with Crippen molar-refractivity contribution >= 4 is 5.69 Å². The van der Waals surface area contributed by atoms with E-state index in [0.29, 0.717) is 23.3 Å². The Morgan fingerprint density at radius 3 is 1.81 bits per heavy atom. The lowest BCUT2D eigenvalue weighted by Crippen LogP contribution is -2.40. The molecule has 0 saturated carbocycles. The van der Waals surface area contributed by atoms with E-state index in [0.717, 1.165) is 12.1 Å². The maximum atomic E-state index is 14.0. The van der Waals surface area contributed by atoms with Crippen molar-refractivity contribution < 1.29 is 13.2 Å². The largest absolute Gasteiger partial charge is 0.363 e. The fraction of sp³-hybridized carbons (Fsp3) is 0.333. The number of benzene rings is 2. The second kappa shape index (κ2) is 8.14. The molecule has 2 atom stereocenters. The molecule has 2 aromatic rings. The molecule has 0 radical (unpaired) electrons. The molecule has 2 aliphatic rings. The van der Waals surface area contributed by atoms with Gasteiger partial charge in [0.05, 0.1) is 29.0 Å². The third-order valence-electron chi connectivity index (χ3n) is 5.10. The topological polar surface area (TPSA) is 50.8 Å². The van der Waals surface area contributed by atoms with E-state index in [9.17, 15) is 13.2 Å². The van der Waals surface area contributed by atoms with Crippen molar-refractivity contribution in [2.45, 2.75) is 44.2 Å². The maximum Gasteiger partial charge on any atom is 0.160 e. The number of rotatable bonds is 1. The fourth-order valence-electron chi connectivity index (χ4n) is 3.86. The van der Waals surface area contributed by atoms with Crippen LogP contribution < -0.4 is 4.90 Å². The van der Waals surface area contributed by atoms with Gasteiger partial charge in [0.2, 0.25) is 0 Å². The van der Waals surface area contributed by atoms with Gasteiger partial charge in [-0.05, 0) is 68.5 Å². The van der Waals surface area contributed by atoms with Crippen LogP contribution in [0, 0.1) is 40.1 Å². The molecule has 2 aliphatic heterocycles. The third-order valence-corrected chi connectivity index (χ3v) is 5.10. The minimum Gasteiger partial charge on any atom is -0.363 e. The van der Waals surface area contributed by atoms with Crippen LogP contribution in [-0.2, 0) is 0 Å². The highest BCUT2D eigenvalue weighted by Crippen LogP contribution is 2.40. The number of hydrogen-bond donors (Lipinski definition) is 0. The van der Waals surface area contributed by atoms with Crippen LogP contribution in [0.25, 0.3) is 0 Å². The monoisotopic (exact) mass is 369 g/mol. The van der Waals surface area contributed by atoms with E-state index in [1.165, 1.54) is 44.2 Å². The molecule has 2 bridgehead atoms. The SMILES string of the molecule is N#Cc1ccc(F)c(F)c1.N#Cc1ccc(N2C3CCCC2CC3)c(F)c1. The van der Waals surface area contributed by atoms with Crippen molar-refractivity contribution in [1.82, 2.24) is 0 Å². The lowest BCUT2D eigenvalue weighted by Gasteiger charge is -2.37. The second-order valence-corrected chi connectivity index (χ2v) is 6.74. The Bertz CT molecular complexity index is 898. The lowest BCUT2D eigenvalue weighted by atomic mass is 10.0. The molecular weight excluding hydrogens is 351 g/mol. The lowest BCUT2D eigenvalue weighted by molar-refractivity contribution is 0.460. The van der Waals surface area contributed by atoms with Crippen LogP contribution in [0.1, 0.15) is 43.2 Å². The number of anilines is 1. The number of halogens is 3. The van der Waals surface area contributed by atoms with Gasteiger partial charge in [0, 0.05) is 12.1 Å². The maximum absolute atomic E-state index is 14.0. The van der Waals surface area contributed by atoms with Crippen LogP contribution in [0.2, 0.25) is 0 Å². The number of hydrogen-bond acceptors (Lipinski definition) is 3. The van der Waals surface area contributed by atoms with Crippen LogP contribution in [0.3, 0.4) is 0 Å². The summed E-state index contributed by atoms with van der Waals surface area (Å²) in [7, 11) is 0. The average molecular weight is 369 g/mol. The summed E-state index contributed by atoms with van der Waals surface area (Å²) in [5.41, 5.74) is 1.21. The molecule has 0 aromatic heterocycles. The van der Waals surface area contributed by atoms with E-state index in [4.69, 9.17) is 10.5 Å². The first-order chi connectivity index (χ1) is 13.0. The molecule has 6 heteroatoms. The van der Waals surface area contributed by atoms with E-state index in [-0.39, 0.29) is 11.4 Å². The number of piperidine rings is 1. The van der Waals surface area contributed by atoms with Gasteiger partial charge in [0.15, 0.2) is 11.6 Å². The molecule has 0 spiro atoms. The molecule has 4 rings (SSSR count). The van der Waals surface area contributed by atoms with Gasteiger partial charge in [-0.1, -0.05) is 0 Å². The summed E-state index contributed by atoms with van der Waals surface area (Å²) in [6.07, 6.45) is 5.99. The van der Waals surface area contributed by atoms with Crippen LogP contribution in [0.4, 0.5) is 18.9 Å². The van der Waals surface area contributed by atoms with E-state index in [1.54, 1.807) is 18.2 Å². The zero-order valence-electron chi connectivity index (χ0n) is 14.6. The Hall–Kier alpha value is -2.99. The minimum atomic E-state index is -0.987. The quantitative estimate of drug-likeness (QED) is 0.706. The van der Waals surface area contributed by atoms with Gasteiger partial charge < -0.3 is 4.90 Å². The van der Waals surface area contributed by atoms with Gasteiger partial charge in [-0.3, -0.25) is 0 Å². The Kier molecular flexibility index (Phi) is 5.66. The van der Waals surface area contributed by atoms with Gasteiger partial charge >= 0.3 is 0 Å². The van der Waals surface area contributed by atoms with E-state index >= 15 is 0 Å². The first-order valence-corrected chi connectivity index (χ1v) is 8.86. The Morgan fingerprint density at radius 2 is 1.30 bits per heavy atom. The highest BCUT2D eigenvalue weighted by atomic mass is 19.2. The first kappa shape index (κ1) is 18.8. The second-order valence-electron chi connectivity index (χ2n) is 6.74. The molecule has 138 valence electrons. The van der Waals surface area contributed by atoms with Crippen LogP contribution in [0.15, 0.2) is 36.4 Å². The van der Waals surface area contributed by atoms with Gasteiger partial charge in [-0.25, -0.2) is 13.2 Å². The van der Waals surface area contributed by atoms with Crippen molar-refractivity contribution in [3.05, 3.63) is 65.0 Å². The van der Waals surface area contributed by atoms with Crippen LogP contribution >= 0.6 is 0 Å². The van der Waals surface area contributed by atoms with Gasteiger partial charge in [0.25, 0.3) is 0 Å². The predicted octanol–water partition coefficient (Wildman–Crippen LogP) is 5.06. The summed E-state index contributed by atoms with van der Waals surface area (Å²) < 4.78 is 38.4. The molecule has 2 fully saturated rings. The number of nitriles is 2. The Morgan fingerprint density at radius 1 is 0.741 bits per heavy atom. The molecule has 2 unspecified atom stereocenters. The van der Waals surface area contributed by atoms with Crippen molar-refractivity contribution in [3.8, 4) is 12.1 Å². The molecule has 0 aliphatic carbocycles. The van der Waals surface area contributed by atoms with E-state index in [2.05, 4.69) is 4.90 Å². The predicted molar refractivity (Wildman–Crippen MR) is 95.3 cm³/mol. The summed E-state index contributed by atoms with van der Waals surface area (Å²) in [5, 5.41) is 17.0. The van der Waals surface area contributed by atoms with Crippen molar-refractivity contribution in [3.63, 3.8) is 0 Å². The number of fused-ring (bicyclic) bond motifs is 2. The van der Waals surface area contributed by atoms with Crippen LogP contribution in [-0.4, -0.2) is 12.1 Å². The zero-order valence-corrected chi connectivity index (χ0v) is 14.6. The summed E-state index contributed by atoms with van der Waals surface area (Å²) in [6.45, 7) is 0. The molecule has 2 saturated heterocycles. The molecule has 0 amide bonds. The smallest absolute Gasteiger partial charge is 0.160 e. The average Bonchev–Trinajstić information content (AvgIpc) is 2.92. The molecule has 2 aromatic carbocycles. The Balaban J connectivity index is 0.000000180. The van der Waals surface area contributed by atoms with Crippen molar-refractivity contribution in [2.24, 2.45) is 0 Å². The van der Waals surface area contributed by atoms with Gasteiger partial charge in [-0.15, -0.1) is 0 Å². The van der Waals surface area contributed by atoms with E-state index < -0.39 is 11.6 Å². The van der Waals surface area contributed by atoms with Crippen molar-refractivity contribution in [2.75, 3.05) is 4.90 Å². The molecule has 0 N–H and O–H groups in total.